The third kappa shape index (κ3) is 3.49. The predicted octanol–water partition coefficient (Wildman–Crippen LogP) is 2.56. The quantitative estimate of drug-likeness (QED) is 0.595. The molecule has 2 atom stereocenters. The van der Waals surface area contributed by atoms with Crippen LogP contribution in [0, 0.1) is 11.8 Å². The zero-order chi connectivity index (χ0) is 18.8. The number of hydrogen-bond acceptors (Lipinski definition) is 6. The number of benzene rings is 1. The van der Waals surface area contributed by atoms with Crippen LogP contribution in [0.3, 0.4) is 0 Å². The minimum Gasteiger partial charge on any atom is -0.458 e. The van der Waals surface area contributed by atoms with Crippen LogP contribution in [0.15, 0.2) is 40.9 Å². The summed E-state index contributed by atoms with van der Waals surface area (Å²) >= 11 is 0. The van der Waals surface area contributed by atoms with Gasteiger partial charge in [0.1, 0.15) is 18.8 Å². The average Bonchev–Trinajstić information content (AvgIpc) is 3.27. The Morgan fingerprint density at radius 3 is 2.44 bits per heavy atom. The smallest absolute Gasteiger partial charge is 0.326 e. The molecule has 2 heterocycles. The van der Waals surface area contributed by atoms with Gasteiger partial charge in [0.25, 0.3) is 0 Å². The van der Waals surface area contributed by atoms with Crippen molar-refractivity contribution < 1.29 is 23.6 Å². The third-order valence-electron chi connectivity index (χ3n) is 5.22. The summed E-state index contributed by atoms with van der Waals surface area (Å²) in [5.41, 5.74) is 1.34. The van der Waals surface area contributed by atoms with Crippen molar-refractivity contribution in [1.82, 2.24) is 10.1 Å². The van der Waals surface area contributed by atoms with E-state index in [0.717, 1.165) is 36.1 Å². The molecule has 1 saturated carbocycles. The van der Waals surface area contributed by atoms with E-state index in [1.54, 1.807) is 6.07 Å². The van der Waals surface area contributed by atoms with Gasteiger partial charge in [-0.2, -0.15) is 0 Å². The predicted molar refractivity (Wildman–Crippen MR) is 93.9 cm³/mol. The molecule has 2 aromatic rings. The van der Waals surface area contributed by atoms with Gasteiger partial charge in [-0.1, -0.05) is 48.3 Å². The molecular weight excluding hydrogens is 348 g/mol. The summed E-state index contributed by atoms with van der Waals surface area (Å²) < 4.78 is 10.4. The molecule has 1 aliphatic carbocycles. The van der Waals surface area contributed by atoms with Crippen LogP contribution < -0.4 is 0 Å². The maximum Gasteiger partial charge on any atom is 0.326 e. The Balaban J connectivity index is 1.33. The molecule has 2 fully saturated rings. The Bertz CT molecular complexity index is 836. The standard InChI is InChI=1S/C20H20N2O5/c23-18(11-22-19(24)15-8-4-5-9-16(15)20(22)25)26-12-14-10-17(27-21-14)13-6-2-1-3-7-13/h1-3,6-7,10,15-16H,4-5,8-9,11-12H2/t15-,16-/m1/s1. The number of nitrogens with zero attached hydrogens (tertiary/aromatic N) is 2. The van der Waals surface area contributed by atoms with E-state index in [1.807, 2.05) is 30.3 Å². The fourth-order valence-electron chi connectivity index (χ4n) is 3.83. The first-order chi connectivity index (χ1) is 13.1. The topological polar surface area (TPSA) is 89.7 Å². The largest absolute Gasteiger partial charge is 0.458 e. The van der Waals surface area contributed by atoms with Crippen LogP contribution in [0.1, 0.15) is 31.4 Å². The molecular formula is C20H20N2O5. The third-order valence-corrected chi connectivity index (χ3v) is 5.22. The molecule has 0 bridgehead atoms. The van der Waals surface area contributed by atoms with Crippen molar-refractivity contribution in [3.63, 3.8) is 0 Å². The maximum atomic E-state index is 12.4. The second kappa shape index (κ2) is 7.34. The van der Waals surface area contributed by atoms with Gasteiger partial charge < -0.3 is 9.26 Å². The highest BCUT2D eigenvalue weighted by Gasteiger charge is 2.48. The van der Waals surface area contributed by atoms with Gasteiger partial charge in [0.2, 0.25) is 11.8 Å². The first kappa shape index (κ1) is 17.5. The van der Waals surface area contributed by atoms with Gasteiger partial charge >= 0.3 is 5.97 Å². The molecule has 2 aliphatic rings. The Kier molecular flexibility index (Phi) is 4.75. The molecule has 27 heavy (non-hydrogen) atoms. The van der Waals surface area contributed by atoms with E-state index in [-0.39, 0.29) is 36.8 Å². The highest BCUT2D eigenvalue weighted by atomic mass is 16.5. The molecule has 0 N–H and O–H groups in total. The first-order valence-corrected chi connectivity index (χ1v) is 9.15. The molecule has 4 rings (SSSR count). The SMILES string of the molecule is O=C(CN1C(=O)[C@@H]2CCCC[C@H]2C1=O)OCc1cc(-c2ccccc2)on1. The van der Waals surface area contributed by atoms with Gasteiger partial charge in [0, 0.05) is 11.6 Å². The van der Waals surface area contributed by atoms with Gasteiger partial charge in [-0.05, 0) is 12.8 Å². The second-order valence-corrected chi connectivity index (χ2v) is 6.97. The van der Waals surface area contributed by atoms with Gasteiger partial charge in [-0.25, -0.2) is 0 Å². The minimum atomic E-state index is -0.625. The number of fused-ring (bicyclic) bond motifs is 1. The molecule has 140 valence electrons. The summed E-state index contributed by atoms with van der Waals surface area (Å²) in [6, 6.07) is 11.2. The monoisotopic (exact) mass is 368 g/mol. The molecule has 0 radical (unpaired) electrons. The molecule has 1 aromatic carbocycles. The van der Waals surface area contributed by atoms with Crippen LogP contribution >= 0.6 is 0 Å². The van der Waals surface area contributed by atoms with Crippen molar-refractivity contribution >= 4 is 17.8 Å². The normalized spacial score (nSPS) is 22.0. The van der Waals surface area contributed by atoms with Gasteiger partial charge in [0.15, 0.2) is 5.76 Å². The van der Waals surface area contributed by atoms with Crippen LogP contribution in [0.25, 0.3) is 11.3 Å². The van der Waals surface area contributed by atoms with Crippen molar-refractivity contribution in [2.75, 3.05) is 6.54 Å². The van der Waals surface area contributed by atoms with E-state index in [9.17, 15) is 14.4 Å². The minimum absolute atomic E-state index is 0.0712. The number of rotatable bonds is 5. The lowest BCUT2D eigenvalue weighted by Crippen LogP contribution is -2.36. The van der Waals surface area contributed by atoms with Crippen molar-refractivity contribution in [2.24, 2.45) is 11.8 Å². The van der Waals surface area contributed by atoms with Crippen LogP contribution in [0.2, 0.25) is 0 Å². The summed E-state index contributed by atoms with van der Waals surface area (Å²) in [6.07, 6.45) is 3.35. The molecule has 0 unspecified atom stereocenters. The van der Waals surface area contributed by atoms with Crippen LogP contribution in [-0.2, 0) is 25.7 Å². The molecule has 1 aliphatic heterocycles. The highest BCUT2D eigenvalue weighted by Crippen LogP contribution is 2.37. The summed E-state index contributed by atoms with van der Waals surface area (Å²) in [5, 5.41) is 3.89. The molecule has 2 amide bonds. The highest BCUT2D eigenvalue weighted by molar-refractivity contribution is 6.07. The summed E-state index contributed by atoms with van der Waals surface area (Å²) in [6.45, 7) is -0.410. The lowest BCUT2D eigenvalue weighted by molar-refractivity contribution is -0.153. The van der Waals surface area contributed by atoms with E-state index in [0.29, 0.717) is 11.5 Å². The fraction of sp³-hybridized carbons (Fsp3) is 0.400. The molecule has 7 heteroatoms. The van der Waals surface area contributed by atoms with Crippen LogP contribution in [-0.4, -0.2) is 34.4 Å². The maximum absolute atomic E-state index is 12.4. The molecule has 0 spiro atoms. The summed E-state index contributed by atoms with van der Waals surface area (Å²) in [5.74, 6) is -1.05. The van der Waals surface area contributed by atoms with Crippen molar-refractivity contribution in [2.45, 2.75) is 32.3 Å². The van der Waals surface area contributed by atoms with E-state index < -0.39 is 5.97 Å². The number of aromatic nitrogens is 1. The summed E-state index contributed by atoms with van der Waals surface area (Å²) in [4.78, 5) is 38.0. The number of imide groups is 1. The van der Waals surface area contributed by atoms with E-state index in [1.165, 1.54) is 0 Å². The molecule has 7 nitrogen and oxygen atoms in total. The first-order valence-electron chi connectivity index (χ1n) is 9.15. The molecule has 1 saturated heterocycles. The zero-order valence-electron chi connectivity index (χ0n) is 14.8. The number of likely N-dealkylation sites (tertiary alicyclic amines) is 1. The van der Waals surface area contributed by atoms with Crippen LogP contribution in [0.5, 0.6) is 0 Å². The van der Waals surface area contributed by atoms with Gasteiger partial charge in [-0.15, -0.1) is 0 Å². The number of hydrogen-bond donors (Lipinski definition) is 0. The Morgan fingerprint density at radius 2 is 1.78 bits per heavy atom. The zero-order valence-corrected chi connectivity index (χ0v) is 14.8. The van der Waals surface area contributed by atoms with Crippen LogP contribution in [0.4, 0.5) is 0 Å². The van der Waals surface area contributed by atoms with Crippen molar-refractivity contribution in [1.29, 1.82) is 0 Å². The van der Waals surface area contributed by atoms with Gasteiger partial charge in [-0.3, -0.25) is 19.3 Å². The van der Waals surface area contributed by atoms with Gasteiger partial charge in [0.05, 0.1) is 11.8 Å². The van der Waals surface area contributed by atoms with Crippen molar-refractivity contribution in [3.8, 4) is 11.3 Å². The van der Waals surface area contributed by atoms with E-state index in [2.05, 4.69) is 5.16 Å². The van der Waals surface area contributed by atoms with E-state index >= 15 is 0 Å². The number of esters is 1. The lowest BCUT2D eigenvalue weighted by atomic mass is 9.81. The lowest BCUT2D eigenvalue weighted by Gasteiger charge is -2.19. The summed E-state index contributed by atoms with van der Waals surface area (Å²) in [7, 11) is 0. The number of ether oxygens (including phenoxy) is 1. The fourth-order valence-corrected chi connectivity index (χ4v) is 3.83. The Labute approximate surface area is 156 Å². The van der Waals surface area contributed by atoms with Crippen molar-refractivity contribution in [3.05, 3.63) is 42.1 Å². The number of amides is 2. The number of carbonyl (C=O) groups excluding carboxylic acids is 3. The molecule has 1 aromatic heterocycles. The average molecular weight is 368 g/mol. The Hall–Kier alpha value is -2.96. The second-order valence-electron chi connectivity index (χ2n) is 6.97. The van der Waals surface area contributed by atoms with E-state index in [4.69, 9.17) is 9.26 Å². The Morgan fingerprint density at radius 1 is 1.11 bits per heavy atom. The number of carbonyl (C=O) groups is 3.